The predicted molar refractivity (Wildman–Crippen MR) is 106 cm³/mol. The van der Waals surface area contributed by atoms with Gasteiger partial charge in [-0.25, -0.2) is 4.79 Å². The van der Waals surface area contributed by atoms with E-state index >= 15 is 0 Å². The van der Waals surface area contributed by atoms with Gasteiger partial charge in [0.2, 0.25) is 0 Å². The number of hydrogen-bond donors (Lipinski definition) is 3. The molecular weight excluding hydrogens is 410 g/mol. The maximum absolute atomic E-state index is 12.6. The molecule has 4 atom stereocenters. The van der Waals surface area contributed by atoms with Crippen LogP contribution in [-0.4, -0.2) is 58.6 Å². The number of nitrogens with zero attached hydrogens (tertiary/aromatic N) is 1. The van der Waals surface area contributed by atoms with E-state index in [0.29, 0.717) is 0 Å². The van der Waals surface area contributed by atoms with Crippen molar-refractivity contribution in [3.63, 3.8) is 0 Å². The van der Waals surface area contributed by atoms with Crippen molar-refractivity contribution in [2.45, 2.75) is 38.0 Å². The molecule has 11 nitrogen and oxygen atoms in total. The Balaban J connectivity index is 1.89. The summed E-state index contributed by atoms with van der Waals surface area (Å²) in [4.78, 5) is 50.7. The molecule has 1 fully saturated rings. The topological polar surface area (TPSA) is 149 Å². The van der Waals surface area contributed by atoms with Crippen molar-refractivity contribution < 1.29 is 28.9 Å². The van der Waals surface area contributed by atoms with Crippen molar-refractivity contribution in [1.29, 1.82) is 0 Å². The fourth-order valence-corrected chi connectivity index (χ4v) is 3.37. The fraction of sp³-hybridized carbons (Fsp3) is 0.400. The Morgan fingerprint density at radius 3 is 2.55 bits per heavy atom. The Morgan fingerprint density at radius 1 is 1.23 bits per heavy atom. The molecular formula is C20H23N3O8. The highest BCUT2D eigenvalue weighted by atomic mass is 16.6. The molecule has 3 N–H and O–H groups in total. The third kappa shape index (κ3) is 4.90. The minimum absolute atomic E-state index is 0.181. The SMILES string of the molecule is CO[C@@H]1[C@H](OC(C)=O)[C@@H](CO)O[C@H]1n1cc(C(=O)NCc2ccccc2)c(=O)[nH]c1=O. The highest BCUT2D eigenvalue weighted by molar-refractivity contribution is 5.93. The second kappa shape index (κ2) is 9.69. The molecule has 1 aliphatic rings. The Hall–Kier alpha value is -3.28. The van der Waals surface area contributed by atoms with Gasteiger partial charge < -0.3 is 24.6 Å². The molecule has 11 heteroatoms. The lowest BCUT2D eigenvalue weighted by Gasteiger charge is -2.23. The summed E-state index contributed by atoms with van der Waals surface area (Å²) >= 11 is 0. The van der Waals surface area contributed by atoms with Crippen molar-refractivity contribution in [2.75, 3.05) is 13.7 Å². The Morgan fingerprint density at radius 2 is 1.94 bits per heavy atom. The zero-order valence-electron chi connectivity index (χ0n) is 16.9. The van der Waals surface area contributed by atoms with Crippen LogP contribution in [0.2, 0.25) is 0 Å². The smallest absolute Gasteiger partial charge is 0.330 e. The van der Waals surface area contributed by atoms with Gasteiger partial charge in [-0.2, -0.15) is 0 Å². The third-order valence-electron chi connectivity index (χ3n) is 4.82. The molecule has 0 unspecified atom stereocenters. The highest BCUT2D eigenvalue weighted by Gasteiger charge is 2.48. The van der Waals surface area contributed by atoms with Gasteiger partial charge in [0.25, 0.3) is 11.5 Å². The van der Waals surface area contributed by atoms with E-state index in [0.717, 1.165) is 16.3 Å². The number of carbonyl (C=O) groups excluding carboxylic acids is 2. The van der Waals surface area contributed by atoms with Crippen LogP contribution in [-0.2, 0) is 25.5 Å². The predicted octanol–water partition coefficient (Wildman–Crippen LogP) is -0.697. The molecule has 0 aliphatic carbocycles. The number of esters is 1. The van der Waals surface area contributed by atoms with E-state index in [9.17, 15) is 24.3 Å². The summed E-state index contributed by atoms with van der Waals surface area (Å²) in [6.07, 6.45) is -3.02. The summed E-state index contributed by atoms with van der Waals surface area (Å²) in [5.41, 5.74) is -1.20. The molecule has 0 radical (unpaired) electrons. The van der Waals surface area contributed by atoms with Crippen LogP contribution in [0.3, 0.4) is 0 Å². The van der Waals surface area contributed by atoms with E-state index in [1.807, 2.05) is 30.3 Å². The number of aliphatic hydroxyl groups excluding tert-OH is 1. The van der Waals surface area contributed by atoms with E-state index in [4.69, 9.17) is 14.2 Å². The quantitative estimate of drug-likeness (QED) is 0.486. The number of aliphatic hydroxyl groups is 1. The van der Waals surface area contributed by atoms with Crippen LogP contribution in [0, 0.1) is 0 Å². The van der Waals surface area contributed by atoms with Crippen molar-refractivity contribution in [3.05, 3.63) is 68.5 Å². The molecule has 1 aromatic carbocycles. The van der Waals surface area contributed by atoms with Gasteiger partial charge in [0, 0.05) is 26.8 Å². The van der Waals surface area contributed by atoms with Crippen LogP contribution < -0.4 is 16.6 Å². The summed E-state index contributed by atoms with van der Waals surface area (Å²) in [6.45, 7) is 0.868. The molecule has 1 saturated heterocycles. The number of aromatic nitrogens is 2. The molecule has 0 bridgehead atoms. The molecule has 1 aromatic heterocycles. The maximum atomic E-state index is 12.6. The summed E-state index contributed by atoms with van der Waals surface area (Å²) in [5, 5.41) is 12.2. The Bertz CT molecular complexity index is 1050. The third-order valence-corrected chi connectivity index (χ3v) is 4.82. The van der Waals surface area contributed by atoms with Gasteiger partial charge in [-0.05, 0) is 5.56 Å². The zero-order valence-corrected chi connectivity index (χ0v) is 16.9. The number of amides is 1. The van der Waals surface area contributed by atoms with Crippen LogP contribution in [0.1, 0.15) is 29.1 Å². The number of hydrogen-bond acceptors (Lipinski definition) is 8. The first-order valence-electron chi connectivity index (χ1n) is 9.49. The Labute approximate surface area is 176 Å². The van der Waals surface area contributed by atoms with E-state index in [2.05, 4.69) is 10.3 Å². The van der Waals surface area contributed by atoms with Crippen molar-refractivity contribution in [1.82, 2.24) is 14.9 Å². The van der Waals surface area contributed by atoms with Crippen LogP contribution in [0.15, 0.2) is 46.1 Å². The van der Waals surface area contributed by atoms with Gasteiger partial charge in [-0.1, -0.05) is 30.3 Å². The number of aromatic amines is 1. The Kier molecular flexibility index (Phi) is 7.00. The number of nitrogens with one attached hydrogen (secondary N) is 2. The van der Waals surface area contributed by atoms with Gasteiger partial charge in [-0.3, -0.25) is 23.9 Å². The highest BCUT2D eigenvalue weighted by Crippen LogP contribution is 2.32. The summed E-state index contributed by atoms with van der Waals surface area (Å²) in [5.74, 6) is -1.31. The molecule has 1 amide bonds. The van der Waals surface area contributed by atoms with E-state index in [1.165, 1.54) is 14.0 Å². The van der Waals surface area contributed by atoms with Crippen LogP contribution in [0.4, 0.5) is 0 Å². The van der Waals surface area contributed by atoms with Crippen LogP contribution in [0.5, 0.6) is 0 Å². The van der Waals surface area contributed by atoms with Gasteiger partial charge in [0.15, 0.2) is 12.3 Å². The summed E-state index contributed by atoms with van der Waals surface area (Å²) in [7, 11) is 1.32. The number of rotatable bonds is 7. The average Bonchev–Trinajstić information content (AvgIpc) is 3.09. The largest absolute Gasteiger partial charge is 0.457 e. The molecule has 3 rings (SSSR count). The molecule has 0 spiro atoms. The molecule has 1 aliphatic heterocycles. The number of carbonyl (C=O) groups is 2. The molecule has 0 saturated carbocycles. The van der Waals surface area contributed by atoms with Gasteiger partial charge >= 0.3 is 11.7 Å². The van der Waals surface area contributed by atoms with Crippen LogP contribution in [0.25, 0.3) is 0 Å². The lowest BCUT2D eigenvalue weighted by Crippen LogP contribution is -2.42. The second-order valence-corrected chi connectivity index (χ2v) is 6.90. The fourth-order valence-electron chi connectivity index (χ4n) is 3.37. The first kappa shape index (κ1) is 22.4. The van der Waals surface area contributed by atoms with Gasteiger partial charge in [0.1, 0.15) is 17.8 Å². The van der Waals surface area contributed by atoms with E-state index in [1.54, 1.807) is 0 Å². The van der Waals surface area contributed by atoms with Gasteiger partial charge in [0.05, 0.1) is 6.61 Å². The van der Waals surface area contributed by atoms with Crippen LogP contribution >= 0.6 is 0 Å². The lowest BCUT2D eigenvalue weighted by atomic mass is 10.1. The zero-order chi connectivity index (χ0) is 22.5. The standard InChI is InChI=1S/C20H23N3O8/c1-11(25)30-15-14(10-24)31-19(16(15)29-2)23-9-13(18(27)22-20(23)28)17(26)21-8-12-6-4-3-5-7-12/h3-7,9,14-16,19,24H,8,10H2,1-2H3,(H,21,26)(H,22,27,28)/t14-,15-,16-,19-/m1/s1. The molecule has 2 aromatic rings. The van der Waals surface area contributed by atoms with E-state index in [-0.39, 0.29) is 12.1 Å². The van der Waals surface area contributed by atoms with Crippen molar-refractivity contribution in [2.24, 2.45) is 0 Å². The molecule has 166 valence electrons. The molecule has 31 heavy (non-hydrogen) atoms. The normalized spacial score (nSPS) is 22.8. The number of benzene rings is 1. The molecule has 2 heterocycles. The second-order valence-electron chi connectivity index (χ2n) is 6.90. The van der Waals surface area contributed by atoms with Gasteiger partial charge in [-0.15, -0.1) is 0 Å². The first-order chi connectivity index (χ1) is 14.8. The van der Waals surface area contributed by atoms with E-state index < -0.39 is 54.3 Å². The van der Waals surface area contributed by atoms with Crippen molar-refractivity contribution in [3.8, 4) is 0 Å². The van der Waals surface area contributed by atoms with Crippen molar-refractivity contribution >= 4 is 11.9 Å². The minimum atomic E-state index is -1.16. The average molecular weight is 433 g/mol. The minimum Gasteiger partial charge on any atom is -0.457 e. The summed E-state index contributed by atoms with van der Waals surface area (Å²) in [6, 6.07) is 9.08. The number of methoxy groups -OCH3 is 1. The lowest BCUT2D eigenvalue weighted by molar-refractivity contribution is -0.154. The monoisotopic (exact) mass is 433 g/mol. The summed E-state index contributed by atoms with van der Waals surface area (Å²) < 4.78 is 17.2. The number of H-pyrrole nitrogens is 1. The maximum Gasteiger partial charge on any atom is 0.330 e. The first-order valence-corrected chi connectivity index (χ1v) is 9.49. The number of ether oxygens (including phenoxy) is 3.